The lowest BCUT2D eigenvalue weighted by atomic mass is 10.9. The predicted octanol–water partition coefficient (Wildman–Crippen LogP) is 1.41. The van der Waals surface area contributed by atoms with Gasteiger partial charge in [-0.15, -0.1) is 0 Å². The third kappa shape index (κ3) is 11.5. The summed E-state index contributed by atoms with van der Waals surface area (Å²) in [5.41, 5.74) is 0. The van der Waals surface area contributed by atoms with E-state index in [1.54, 1.807) is 6.92 Å². The summed E-state index contributed by atoms with van der Waals surface area (Å²) in [4.78, 5) is 12.0. The average molecular weight is 245 g/mol. The van der Waals surface area contributed by atoms with Crippen LogP contribution >= 0.6 is 22.6 Å². The first-order valence-electron chi connectivity index (χ1n) is 2.53. The van der Waals surface area contributed by atoms with Crippen LogP contribution in [0.4, 0.5) is 4.79 Å². The zero-order valence-electron chi connectivity index (χ0n) is 5.90. The molecule has 0 heterocycles. The Morgan fingerprint density at radius 1 is 1.67 bits per heavy atom. The molecule has 0 radical (unpaired) electrons. The Morgan fingerprint density at radius 2 is 2.11 bits per heavy atom. The zero-order chi connectivity index (χ0) is 7.70. The van der Waals surface area contributed by atoms with Gasteiger partial charge in [0.1, 0.15) is 0 Å². The number of carbonyl (C=O) groups excluding carboxylic acids is 1. The van der Waals surface area contributed by atoms with Crippen LogP contribution in [-0.4, -0.2) is 24.7 Å². The fraction of sp³-hybridized carbons (Fsp3) is 0.800. The van der Waals surface area contributed by atoms with E-state index in [9.17, 15) is 4.79 Å². The summed E-state index contributed by atoms with van der Waals surface area (Å²) >= 11 is 2.15. The van der Waals surface area contributed by atoms with Crippen molar-refractivity contribution in [2.45, 2.75) is 6.92 Å². The van der Waals surface area contributed by atoms with Gasteiger partial charge in [-0.3, -0.25) is 0 Å². The lowest BCUT2D eigenvalue weighted by Crippen LogP contribution is -2.18. The van der Waals surface area contributed by atoms with Crippen LogP contribution in [0.15, 0.2) is 0 Å². The minimum absolute atomic E-state index is 0.373. The topological polar surface area (TPSA) is 38.3 Å². The molecule has 0 atom stereocenters. The van der Waals surface area contributed by atoms with E-state index in [1.807, 2.05) is 4.93 Å². The second kappa shape index (κ2) is 10.9. The van der Waals surface area contributed by atoms with Crippen LogP contribution in [0.2, 0.25) is 0 Å². The van der Waals surface area contributed by atoms with Gasteiger partial charge in [0.25, 0.3) is 0 Å². The van der Waals surface area contributed by atoms with Crippen molar-refractivity contribution in [1.82, 2.24) is 5.32 Å². The molecular formula is C5H12INO2. The number of hydrogen-bond donors (Lipinski definition) is 1. The van der Waals surface area contributed by atoms with Crippen LogP contribution in [0.5, 0.6) is 0 Å². The van der Waals surface area contributed by atoms with Crippen LogP contribution in [0.1, 0.15) is 6.92 Å². The monoisotopic (exact) mass is 245 g/mol. The largest absolute Gasteiger partial charge is 0.450 e. The maximum absolute atomic E-state index is 10.1. The summed E-state index contributed by atoms with van der Waals surface area (Å²) in [6.07, 6.45) is -0.373. The SMILES string of the molecule is CCOC(=O)NC.CI. The molecule has 0 aliphatic rings. The summed E-state index contributed by atoms with van der Waals surface area (Å²) in [5, 5.41) is 2.30. The van der Waals surface area contributed by atoms with Crippen LogP contribution in [-0.2, 0) is 4.74 Å². The van der Waals surface area contributed by atoms with Crippen molar-refractivity contribution in [2.24, 2.45) is 0 Å². The molecule has 0 spiro atoms. The number of alkyl halides is 1. The third-order valence-corrected chi connectivity index (χ3v) is 0.480. The van der Waals surface area contributed by atoms with Crippen molar-refractivity contribution < 1.29 is 9.53 Å². The molecule has 0 saturated heterocycles. The van der Waals surface area contributed by atoms with Crippen molar-refractivity contribution in [3.8, 4) is 0 Å². The highest BCUT2D eigenvalue weighted by Gasteiger charge is 1.89. The highest BCUT2D eigenvalue weighted by atomic mass is 127. The molecule has 9 heavy (non-hydrogen) atoms. The zero-order valence-corrected chi connectivity index (χ0v) is 8.06. The van der Waals surface area contributed by atoms with E-state index < -0.39 is 0 Å². The molecule has 1 N–H and O–H groups in total. The maximum atomic E-state index is 10.1. The van der Waals surface area contributed by atoms with E-state index in [2.05, 4.69) is 32.6 Å². The molecule has 0 fully saturated rings. The molecule has 0 unspecified atom stereocenters. The Labute approximate surface area is 69.3 Å². The second-order valence-corrected chi connectivity index (χ2v) is 0.970. The van der Waals surface area contributed by atoms with Crippen LogP contribution < -0.4 is 5.32 Å². The lowest BCUT2D eigenvalue weighted by Gasteiger charge is -1.95. The van der Waals surface area contributed by atoms with Gasteiger partial charge < -0.3 is 10.1 Å². The fourth-order valence-electron chi connectivity index (χ4n) is 0.203. The van der Waals surface area contributed by atoms with E-state index in [1.165, 1.54) is 7.05 Å². The smallest absolute Gasteiger partial charge is 0.406 e. The Bertz CT molecular complexity index is 68.0. The van der Waals surface area contributed by atoms with Crippen LogP contribution in [0, 0.1) is 0 Å². The lowest BCUT2D eigenvalue weighted by molar-refractivity contribution is 0.154. The molecule has 0 aromatic heterocycles. The van der Waals surface area contributed by atoms with Crippen molar-refractivity contribution in [1.29, 1.82) is 0 Å². The maximum Gasteiger partial charge on any atom is 0.406 e. The molecule has 0 aromatic carbocycles. The molecule has 4 heteroatoms. The minimum Gasteiger partial charge on any atom is -0.450 e. The van der Waals surface area contributed by atoms with Gasteiger partial charge in [0.05, 0.1) is 6.61 Å². The normalized spacial score (nSPS) is 6.67. The molecule has 0 rings (SSSR count). The van der Waals surface area contributed by atoms with Crippen LogP contribution in [0.3, 0.4) is 0 Å². The minimum atomic E-state index is -0.373. The molecule has 0 saturated carbocycles. The van der Waals surface area contributed by atoms with Gasteiger partial charge >= 0.3 is 6.09 Å². The van der Waals surface area contributed by atoms with Gasteiger partial charge in [-0.25, -0.2) is 4.79 Å². The molecule has 0 bridgehead atoms. The van der Waals surface area contributed by atoms with E-state index in [-0.39, 0.29) is 6.09 Å². The standard InChI is InChI=1S/C4H9NO2.CH3I/c1-3-7-4(6)5-2;1-2/h3H2,1-2H3,(H,5,6);1H3. The first kappa shape index (κ1) is 11.8. The van der Waals surface area contributed by atoms with E-state index in [4.69, 9.17) is 0 Å². The Kier molecular flexibility index (Phi) is 14.2. The third-order valence-electron chi connectivity index (χ3n) is 0.480. The number of alkyl carbamates (subject to hydrolysis) is 1. The van der Waals surface area contributed by atoms with Crippen molar-refractivity contribution in [2.75, 3.05) is 18.6 Å². The quantitative estimate of drug-likeness (QED) is 0.560. The summed E-state index contributed by atoms with van der Waals surface area (Å²) in [6, 6.07) is 0. The first-order chi connectivity index (χ1) is 4.31. The second-order valence-electron chi connectivity index (χ2n) is 0.970. The highest BCUT2D eigenvalue weighted by Crippen LogP contribution is 1.70. The predicted molar refractivity (Wildman–Crippen MR) is 46.0 cm³/mol. The summed E-state index contributed by atoms with van der Waals surface area (Å²) in [6.45, 7) is 2.19. The Balaban J connectivity index is 0. The number of ether oxygens (including phenoxy) is 1. The fourth-order valence-corrected chi connectivity index (χ4v) is 0.203. The Morgan fingerprint density at radius 3 is 2.22 bits per heavy atom. The van der Waals surface area contributed by atoms with Gasteiger partial charge in [0, 0.05) is 7.05 Å². The van der Waals surface area contributed by atoms with Gasteiger partial charge in [0.2, 0.25) is 0 Å². The number of nitrogens with one attached hydrogen (secondary N) is 1. The van der Waals surface area contributed by atoms with Gasteiger partial charge in [-0.05, 0) is 11.9 Å². The molecule has 0 aromatic rings. The van der Waals surface area contributed by atoms with Crippen molar-refractivity contribution in [3.63, 3.8) is 0 Å². The first-order valence-corrected chi connectivity index (χ1v) is 4.69. The van der Waals surface area contributed by atoms with Gasteiger partial charge in [0.15, 0.2) is 0 Å². The molecule has 0 aliphatic carbocycles. The van der Waals surface area contributed by atoms with E-state index >= 15 is 0 Å². The molecule has 56 valence electrons. The van der Waals surface area contributed by atoms with Crippen LogP contribution in [0.25, 0.3) is 0 Å². The molecule has 3 nitrogen and oxygen atoms in total. The summed E-state index contributed by atoms with van der Waals surface area (Å²) < 4.78 is 4.44. The van der Waals surface area contributed by atoms with Crippen molar-refractivity contribution in [3.05, 3.63) is 0 Å². The Hall–Kier alpha value is 0. The summed E-state index contributed by atoms with van der Waals surface area (Å²) in [7, 11) is 1.53. The van der Waals surface area contributed by atoms with Crippen molar-refractivity contribution >= 4 is 28.7 Å². The highest BCUT2D eigenvalue weighted by molar-refractivity contribution is 14.1. The van der Waals surface area contributed by atoms with Gasteiger partial charge in [-0.1, -0.05) is 22.6 Å². The number of carbonyl (C=O) groups is 1. The average Bonchev–Trinajstić information content (AvgIpc) is 1.93. The molecule has 1 amide bonds. The molecular weight excluding hydrogens is 233 g/mol. The number of amides is 1. The molecule has 0 aliphatic heterocycles. The van der Waals surface area contributed by atoms with E-state index in [0.717, 1.165) is 0 Å². The van der Waals surface area contributed by atoms with E-state index in [0.29, 0.717) is 6.61 Å². The number of halogens is 1. The summed E-state index contributed by atoms with van der Waals surface area (Å²) in [5.74, 6) is 0. The number of rotatable bonds is 1. The van der Waals surface area contributed by atoms with Gasteiger partial charge in [-0.2, -0.15) is 0 Å². The number of hydrogen-bond acceptors (Lipinski definition) is 2.